The van der Waals surface area contributed by atoms with Crippen molar-refractivity contribution in [3.8, 4) is 0 Å². The van der Waals surface area contributed by atoms with Crippen molar-refractivity contribution in [2.75, 3.05) is 0 Å². The molecule has 1 rings (SSSR count). The van der Waals surface area contributed by atoms with Gasteiger partial charge in [-0.2, -0.15) is 0 Å². The molecule has 0 saturated heterocycles. The highest BCUT2D eigenvalue weighted by molar-refractivity contribution is 4.95. The Morgan fingerprint density at radius 3 is 2.38 bits per heavy atom. The summed E-state index contributed by atoms with van der Waals surface area (Å²) in [4.78, 5) is 0. The van der Waals surface area contributed by atoms with Crippen molar-refractivity contribution in [1.29, 1.82) is 0 Å². The number of hydrogen-bond donors (Lipinski definition) is 0. The van der Waals surface area contributed by atoms with Gasteiger partial charge in [0.15, 0.2) is 0 Å². The zero-order valence-corrected chi connectivity index (χ0v) is 11.4. The molecule has 1 aliphatic rings. The molecule has 0 aromatic heterocycles. The van der Waals surface area contributed by atoms with E-state index in [1.807, 2.05) is 0 Å². The Bertz CT molecular complexity index is 188. The van der Waals surface area contributed by atoms with Gasteiger partial charge >= 0.3 is 0 Å². The fourth-order valence-electron chi connectivity index (χ4n) is 2.76. The Balaban J connectivity index is 2.15. The van der Waals surface area contributed by atoms with Gasteiger partial charge in [0.05, 0.1) is 0 Å². The van der Waals surface area contributed by atoms with Crippen LogP contribution in [0.15, 0.2) is 12.7 Å². The average Bonchev–Trinajstić information content (AvgIpc) is 3.01. The zero-order valence-electron chi connectivity index (χ0n) is 11.4. The Morgan fingerprint density at radius 2 is 1.81 bits per heavy atom. The molecule has 1 saturated carbocycles. The van der Waals surface area contributed by atoms with Crippen molar-refractivity contribution in [3.63, 3.8) is 0 Å². The molecule has 0 radical (unpaired) electrons. The smallest absolute Gasteiger partial charge is 0.0297 e. The molecule has 1 unspecified atom stereocenters. The largest absolute Gasteiger partial charge is 0.103 e. The number of rotatable bonds is 10. The topological polar surface area (TPSA) is 0 Å². The van der Waals surface area contributed by atoms with Crippen LogP contribution in [0.2, 0.25) is 0 Å². The fraction of sp³-hybridized carbons (Fsp3) is 0.875. The molecule has 1 aliphatic carbocycles. The molecule has 0 heterocycles. The summed E-state index contributed by atoms with van der Waals surface area (Å²) in [7, 11) is 0. The van der Waals surface area contributed by atoms with Crippen molar-refractivity contribution in [3.05, 3.63) is 12.7 Å². The zero-order chi connectivity index (χ0) is 11.9. The minimum Gasteiger partial charge on any atom is -0.103 e. The first kappa shape index (κ1) is 13.8. The van der Waals surface area contributed by atoms with Crippen LogP contribution in [0.4, 0.5) is 0 Å². The summed E-state index contributed by atoms with van der Waals surface area (Å²) in [6.45, 7) is 8.64. The van der Waals surface area contributed by atoms with Crippen molar-refractivity contribution < 1.29 is 0 Å². The van der Waals surface area contributed by atoms with Gasteiger partial charge in [0.1, 0.15) is 0 Å². The summed E-state index contributed by atoms with van der Waals surface area (Å²) in [6.07, 6.45) is 16.2. The van der Waals surface area contributed by atoms with Crippen LogP contribution in [0.25, 0.3) is 0 Å². The standard InChI is InChI=1S/C16H30/c1-4-6-8-9-10-12-15(11-7-5-2)16(3)13-14-16/h5,15H,2,4,6-14H2,1,3H3. The van der Waals surface area contributed by atoms with Gasteiger partial charge in [-0.1, -0.05) is 52.0 Å². The molecule has 0 nitrogen and oxygen atoms in total. The predicted molar refractivity (Wildman–Crippen MR) is 73.6 cm³/mol. The lowest BCUT2D eigenvalue weighted by atomic mass is 9.83. The van der Waals surface area contributed by atoms with E-state index in [9.17, 15) is 0 Å². The molecule has 0 aliphatic heterocycles. The second-order valence-corrected chi connectivity index (χ2v) is 5.92. The summed E-state index contributed by atoms with van der Waals surface area (Å²) >= 11 is 0. The molecule has 16 heavy (non-hydrogen) atoms. The van der Waals surface area contributed by atoms with Gasteiger partial charge in [-0.05, 0) is 43.4 Å². The van der Waals surface area contributed by atoms with Crippen molar-refractivity contribution in [2.45, 2.75) is 78.1 Å². The van der Waals surface area contributed by atoms with Gasteiger partial charge in [-0.25, -0.2) is 0 Å². The number of unbranched alkanes of at least 4 members (excludes halogenated alkanes) is 4. The third-order valence-corrected chi connectivity index (χ3v) is 4.40. The predicted octanol–water partition coefficient (Wildman–Crippen LogP) is 5.73. The van der Waals surface area contributed by atoms with E-state index < -0.39 is 0 Å². The highest BCUT2D eigenvalue weighted by atomic mass is 14.5. The van der Waals surface area contributed by atoms with Crippen molar-refractivity contribution in [1.82, 2.24) is 0 Å². The summed E-state index contributed by atoms with van der Waals surface area (Å²) in [5.74, 6) is 0.979. The fourth-order valence-corrected chi connectivity index (χ4v) is 2.76. The van der Waals surface area contributed by atoms with Crippen LogP contribution < -0.4 is 0 Å². The molecule has 0 aromatic rings. The van der Waals surface area contributed by atoms with Gasteiger partial charge in [0.2, 0.25) is 0 Å². The van der Waals surface area contributed by atoms with Crippen LogP contribution in [0.5, 0.6) is 0 Å². The molecule has 1 fully saturated rings. The first-order chi connectivity index (χ1) is 7.73. The number of allylic oxidation sites excluding steroid dienone is 1. The van der Waals surface area contributed by atoms with Gasteiger partial charge in [-0.3, -0.25) is 0 Å². The van der Waals surface area contributed by atoms with E-state index in [1.165, 1.54) is 64.2 Å². The highest BCUT2D eigenvalue weighted by Crippen LogP contribution is 2.54. The Morgan fingerprint density at radius 1 is 1.12 bits per heavy atom. The maximum Gasteiger partial charge on any atom is -0.0297 e. The molecule has 0 heteroatoms. The van der Waals surface area contributed by atoms with Crippen LogP contribution in [-0.2, 0) is 0 Å². The van der Waals surface area contributed by atoms with Crippen molar-refractivity contribution >= 4 is 0 Å². The monoisotopic (exact) mass is 222 g/mol. The van der Waals surface area contributed by atoms with Gasteiger partial charge < -0.3 is 0 Å². The molecule has 0 amide bonds. The minimum absolute atomic E-state index is 0.716. The summed E-state index contributed by atoms with van der Waals surface area (Å²) in [5, 5.41) is 0. The Hall–Kier alpha value is -0.260. The lowest BCUT2D eigenvalue weighted by molar-refractivity contribution is 0.285. The first-order valence-corrected chi connectivity index (χ1v) is 7.34. The number of hydrogen-bond acceptors (Lipinski definition) is 0. The molecular formula is C16H30. The van der Waals surface area contributed by atoms with Crippen LogP contribution in [-0.4, -0.2) is 0 Å². The quantitative estimate of drug-likeness (QED) is 0.327. The molecular weight excluding hydrogens is 192 g/mol. The van der Waals surface area contributed by atoms with Crippen molar-refractivity contribution in [2.24, 2.45) is 11.3 Å². The third-order valence-electron chi connectivity index (χ3n) is 4.40. The lowest BCUT2D eigenvalue weighted by Crippen LogP contribution is -2.12. The SMILES string of the molecule is C=CCCC(CCCCCCC)C1(C)CC1. The van der Waals surface area contributed by atoms with E-state index in [2.05, 4.69) is 26.5 Å². The maximum absolute atomic E-state index is 3.86. The van der Waals surface area contributed by atoms with Crippen LogP contribution >= 0.6 is 0 Å². The minimum atomic E-state index is 0.716. The Labute approximate surface area is 103 Å². The van der Waals surface area contributed by atoms with E-state index in [0.717, 1.165) is 5.92 Å². The van der Waals surface area contributed by atoms with Crippen LogP contribution in [0, 0.1) is 11.3 Å². The molecule has 0 bridgehead atoms. The highest BCUT2D eigenvalue weighted by Gasteiger charge is 2.43. The second kappa shape index (κ2) is 7.14. The maximum atomic E-state index is 3.86. The average molecular weight is 222 g/mol. The summed E-state index contributed by atoms with van der Waals surface area (Å²) in [6, 6.07) is 0. The molecule has 0 spiro atoms. The van der Waals surface area contributed by atoms with E-state index in [0.29, 0.717) is 5.41 Å². The van der Waals surface area contributed by atoms with Crippen LogP contribution in [0.3, 0.4) is 0 Å². The third kappa shape index (κ3) is 4.72. The summed E-state index contributed by atoms with van der Waals surface area (Å²) in [5.41, 5.74) is 0.716. The van der Waals surface area contributed by atoms with E-state index in [-0.39, 0.29) is 0 Å². The van der Waals surface area contributed by atoms with E-state index >= 15 is 0 Å². The normalized spacial score (nSPS) is 19.4. The second-order valence-electron chi connectivity index (χ2n) is 5.92. The van der Waals surface area contributed by atoms with E-state index in [1.54, 1.807) is 0 Å². The molecule has 0 aromatic carbocycles. The summed E-state index contributed by atoms with van der Waals surface area (Å²) < 4.78 is 0. The molecule has 1 atom stereocenters. The van der Waals surface area contributed by atoms with Crippen LogP contribution in [0.1, 0.15) is 78.1 Å². The molecule has 94 valence electrons. The Kier molecular flexibility index (Phi) is 6.16. The first-order valence-electron chi connectivity index (χ1n) is 7.34. The van der Waals surface area contributed by atoms with Gasteiger partial charge in [-0.15, -0.1) is 6.58 Å². The lowest BCUT2D eigenvalue weighted by Gasteiger charge is -2.23. The van der Waals surface area contributed by atoms with Gasteiger partial charge in [0, 0.05) is 0 Å². The molecule has 0 N–H and O–H groups in total. The van der Waals surface area contributed by atoms with E-state index in [4.69, 9.17) is 0 Å². The van der Waals surface area contributed by atoms with Gasteiger partial charge in [0.25, 0.3) is 0 Å².